The van der Waals surface area contributed by atoms with Gasteiger partial charge in [-0.3, -0.25) is 4.79 Å². The Bertz CT molecular complexity index is 721. The molecule has 1 atom stereocenters. The van der Waals surface area contributed by atoms with Gasteiger partial charge in [0.1, 0.15) is 5.82 Å². The van der Waals surface area contributed by atoms with Crippen molar-refractivity contribution in [1.82, 2.24) is 14.9 Å². The summed E-state index contributed by atoms with van der Waals surface area (Å²) in [5.41, 5.74) is 1.82. The second kappa shape index (κ2) is 6.89. The van der Waals surface area contributed by atoms with Crippen LogP contribution in [-0.2, 0) is 0 Å². The Hall–Kier alpha value is -1.95. The number of anilines is 1. The van der Waals surface area contributed by atoms with Gasteiger partial charge >= 0.3 is 0 Å². The first kappa shape index (κ1) is 16.9. The van der Waals surface area contributed by atoms with E-state index in [9.17, 15) is 4.79 Å². The van der Waals surface area contributed by atoms with Gasteiger partial charge in [0.15, 0.2) is 0 Å². The molecule has 1 fully saturated rings. The second-order valence-electron chi connectivity index (χ2n) is 6.58. The molecule has 1 amide bonds. The number of carbonyl (C=O) groups is 1. The maximum atomic E-state index is 12.9. The largest absolute Gasteiger partial charge is 0.363 e. The van der Waals surface area contributed by atoms with Crippen molar-refractivity contribution in [3.8, 4) is 0 Å². The van der Waals surface area contributed by atoms with Crippen LogP contribution in [0, 0.1) is 13.8 Å². The first-order valence-corrected chi connectivity index (χ1v) is 9.14. The zero-order chi connectivity index (χ0) is 17.3. The van der Waals surface area contributed by atoms with Crippen molar-refractivity contribution in [2.45, 2.75) is 32.6 Å². The Morgan fingerprint density at radius 2 is 2.17 bits per heavy atom. The summed E-state index contributed by atoms with van der Waals surface area (Å²) in [6.07, 6.45) is 3.84. The summed E-state index contributed by atoms with van der Waals surface area (Å²) in [6, 6.07) is 3.67. The quantitative estimate of drug-likeness (QED) is 0.858. The lowest BCUT2D eigenvalue weighted by atomic mass is 9.98. The third-order valence-corrected chi connectivity index (χ3v) is 5.79. The van der Waals surface area contributed by atoms with Crippen molar-refractivity contribution in [1.29, 1.82) is 0 Å². The lowest BCUT2D eigenvalue weighted by Gasteiger charge is -2.32. The van der Waals surface area contributed by atoms with Crippen LogP contribution >= 0.6 is 11.3 Å². The molecule has 1 aliphatic heterocycles. The number of aromatic nitrogens is 2. The molecule has 2 aromatic heterocycles. The normalized spacial score (nSPS) is 17.8. The predicted molar refractivity (Wildman–Crippen MR) is 98.0 cm³/mol. The molecule has 0 radical (unpaired) electrons. The van der Waals surface area contributed by atoms with Crippen LogP contribution in [-0.4, -0.2) is 48.0 Å². The van der Waals surface area contributed by atoms with E-state index in [2.05, 4.69) is 18.8 Å². The molecule has 3 rings (SSSR count). The summed E-state index contributed by atoms with van der Waals surface area (Å²) in [4.78, 5) is 27.0. The molecular formula is C18H24N4OS. The number of hydrogen-bond acceptors (Lipinski definition) is 5. The number of pyridine rings is 1. The van der Waals surface area contributed by atoms with Crippen LogP contribution < -0.4 is 4.90 Å². The molecule has 0 saturated carbocycles. The standard InChI is InChI=1S/C18H24N4OS/c1-12-13(2)24-17(20-12)15-6-5-9-22(11-15)18(23)14-7-8-19-16(10-14)21(3)4/h7-8,10,15H,5-6,9,11H2,1-4H3/t15-/m0/s1. The maximum Gasteiger partial charge on any atom is 0.254 e. The molecule has 3 heterocycles. The van der Waals surface area contributed by atoms with Gasteiger partial charge in [-0.05, 0) is 38.8 Å². The van der Waals surface area contributed by atoms with E-state index in [0.717, 1.165) is 37.4 Å². The summed E-state index contributed by atoms with van der Waals surface area (Å²) in [5, 5.41) is 1.17. The van der Waals surface area contributed by atoms with Crippen LogP contribution in [0.2, 0.25) is 0 Å². The smallest absolute Gasteiger partial charge is 0.254 e. The minimum absolute atomic E-state index is 0.0928. The van der Waals surface area contributed by atoms with Crippen molar-refractivity contribution >= 4 is 23.1 Å². The second-order valence-corrected chi connectivity index (χ2v) is 7.82. The molecule has 24 heavy (non-hydrogen) atoms. The van der Waals surface area contributed by atoms with Crippen LogP contribution in [0.25, 0.3) is 0 Å². The van der Waals surface area contributed by atoms with E-state index < -0.39 is 0 Å². The zero-order valence-corrected chi connectivity index (χ0v) is 15.6. The average molecular weight is 344 g/mol. The number of rotatable bonds is 3. The highest BCUT2D eigenvalue weighted by Crippen LogP contribution is 2.31. The van der Waals surface area contributed by atoms with Crippen molar-refractivity contribution in [2.75, 3.05) is 32.1 Å². The molecule has 128 valence electrons. The van der Waals surface area contributed by atoms with E-state index in [1.165, 1.54) is 9.88 Å². The molecule has 0 N–H and O–H groups in total. The Labute approximate surface area is 147 Å². The third-order valence-electron chi connectivity index (χ3n) is 4.55. The van der Waals surface area contributed by atoms with Gasteiger partial charge in [0, 0.05) is 49.7 Å². The van der Waals surface area contributed by atoms with Crippen molar-refractivity contribution in [2.24, 2.45) is 0 Å². The Morgan fingerprint density at radius 3 is 2.83 bits per heavy atom. The summed E-state index contributed by atoms with van der Waals surface area (Å²) in [5.74, 6) is 1.26. The maximum absolute atomic E-state index is 12.9. The number of amides is 1. The highest BCUT2D eigenvalue weighted by atomic mass is 32.1. The van der Waals surface area contributed by atoms with Gasteiger partial charge in [-0.15, -0.1) is 11.3 Å². The topological polar surface area (TPSA) is 49.3 Å². The van der Waals surface area contributed by atoms with Gasteiger partial charge in [0.2, 0.25) is 0 Å². The first-order chi connectivity index (χ1) is 11.5. The van der Waals surface area contributed by atoms with Gasteiger partial charge < -0.3 is 9.80 Å². The van der Waals surface area contributed by atoms with Crippen LogP contribution in [0.15, 0.2) is 18.3 Å². The molecule has 6 heteroatoms. The van der Waals surface area contributed by atoms with Gasteiger partial charge in [-0.2, -0.15) is 0 Å². The third kappa shape index (κ3) is 3.43. The van der Waals surface area contributed by atoms with E-state index in [1.54, 1.807) is 23.6 Å². The fraction of sp³-hybridized carbons (Fsp3) is 0.500. The fourth-order valence-corrected chi connectivity index (χ4v) is 4.06. The van der Waals surface area contributed by atoms with E-state index in [4.69, 9.17) is 4.98 Å². The minimum atomic E-state index is 0.0928. The summed E-state index contributed by atoms with van der Waals surface area (Å²) >= 11 is 1.77. The Balaban J connectivity index is 1.76. The number of piperidine rings is 1. The zero-order valence-electron chi connectivity index (χ0n) is 14.7. The molecule has 0 aromatic carbocycles. The average Bonchev–Trinajstić information content (AvgIpc) is 2.93. The monoisotopic (exact) mass is 344 g/mol. The molecule has 2 aromatic rings. The molecule has 0 bridgehead atoms. The lowest BCUT2D eigenvalue weighted by Crippen LogP contribution is -2.39. The number of likely N-dealkylation sites (tertiary alicyclic amines) is 1. The summed E-state index contributed by atoms with van der Waals surface area (Å²) < 4.78 is 0. The molecule has 0 aliphatic carbocycles. The molecule has 0 spiro atoms. The van der Waals surface area contributed by atoms with E-state index in [-0.39, 0.29) is 5.91 Å². The molecule has 1 aliphatic rings. The van der Waals surface area contributed by atoms with Crippen molar-refractivity contribution < 1.29 is 4.79 Å². The highest BCUT2D eigenvalue weighted by Gasteiger charge is 2.27. The van der Waals surface area contributed by atoms with E-state index in [0.29, 0.717) is 11.5 Å². The van der Waals surface area contributed by atoms with Crippen LogP contribution in [0.1, 0.15) is 44.7 Å². The predicted octanol–water partition coefficient (Wildman–Crippen LogP) is 3.24. The molecule has 0 unspecified atom stereocenters. The Morgan fingerprint density at radius 1 is 1.38 bits per heavy atom. The number of aryl methyl sites for hydroxylation is 2. The van der Waals surface area contributed by atoms with Crippen molar-refractivity contribution in [3.05, 3.63) is 39.5 Å². The highest BCUT2D eigenvalue weighted by molar-refractivity contribution is 7.11. The Kier molecular flexibility index (Phi) is 4.85. The van der Waals surface area contributed by atoms with Gasteiger partial charge in [-0.25, -0.2) is 9.97 Å². The minimum Gasteiger partial charge on any atom is -0.363 e. The number of carbonyl (C=O) groups excluding carboxylic acids is 1. The number of thiazole rings is 1. The molecular weight excluding hydrogens is 320 g/mol. The van der Waals surface area contributed by atoms with Crippen LogP contribution in [0.4, 0.5) is 5.82 Å². The van der Waals surface area contributed by atoms with E-state index >= 15 is 0 Å². The van der Waals surface area contributed by atoms with Gasteiger partial charge in [0.25, 0.3) is 5.91 Å². The lowest BCUT2D eigenvalue weighted by molar-refractivity contribution is 0.0707. The van der Waals surface area contributed by atoms with Crippen LogP contribution in [0.3, 0.4) is 0 Å². The fourth-order valence-electron chi connectivity index (χ4n) is 3.01. The van der Waals surface area contributed by atoms with Gasteiger partial charge in [0.05, 0.1) is 10.7 Å². The van der Waals surface area contributed by atoms with Crippen molar-refractivity contribution in [3.63, 3.8) is 0 Å². The molecule has 5 nitrogen and oxygen atoms in total. The number of nitrogens with zero attached hydrogens (tertiary/aromatic N) is 4. The van der Waals surface area contributed by atoms with Crippen LogP contribution in [0.5, 0.6) is 0 Å². The number of hydrogen-bond donors (Lipinski definition) is 0. The molecule has 1 saturated heterocycles. The first-order valence-electron chi connectivity index (χ1n) is 8.32. The van der Waals surface area contributed by atoms with Gasteiger partial charge in [-0.1, -0.05) is 0 Å². The SMILES string of the molecule is Cc1nc([C@H]2CCCN(C(=O)c3ccnc(N(C)C)c3)C2)sc1C. The summed E-state index contributed by atoms with van der Waals surface area (Å²) in [6.45, 7) is 5.74. The van der Waals surface area contributed by atoms with E-state index in [1.807, 2.05) is 30.0 Å². The summed E-state index contributed by atoms with van der Waals surface area (Å²) in [7, 11) is 3.86.